The molecule has 4 heteroatoms. The van der Waals surface area contributed by atoms with E-state index in [1.54, 1.807) is 6.92 Å². The number of hydrogen-bond acceptors (Lipinski definition) is 3. The highest BCUT2D eigenvalue weighted by atomic mass is 16.5. The van der Waals surface area contributed by atoms with Crippen molar-refractivity contribution >= 4 is 11.9 Å². The third-order valence-corrected chi connectivity index (χ3v) is 13.3. The molecule has 5 unspecified atom stereocenters. The molecule has 0 aromatic heterocycles. The molecule has 0 radical (unpaired) electrons. The Bertz CT molecular complexity index is 925. The number of carbonyl (C=O) groups is 2. The Morgan fingerprint density at radius 1 is 0.857 bits per heavy atom. The minimum Gasteiger partial charge on any atom is -0.481 e. The van der Waals surface area contributed by atoms with Crippen LogP contribution in [-0.2, 0) is 14.3 Å². The fraction of sp³-hybridized carbons (Fsp3) is 0.871. The first kappa shape index (κ1) is 25.3. The second kappa shape index (κ2) is 8.09. The maximum Gasteiger partial charge on any atom is 0.309 e. The van der Waals surface area contributed by atoms with Gasteiger partial charge in [0, 0.05) is 6.92 Å². The summed E-state index contributed by atoms with van der Waals surface area (Å²) in [7, 11) is 0. The molecule has 0 bridgehead atoms. The van der Waals surface area contributed by atoms with Gasteiger partial charge in [-0.15, -0.1) is 0 Å². The lowest BCUT2D eigenvalue weighted by Gasteiger charge is -2.71. The zero-order chi connectivity index (χ0) is 25.6. The van der Waals surface area contributed by atoms with Gasteiger partial charge in [0.15, 0.2) is 0 Å². The van der Waals surface area contributed by atoms with Gasteiger partial charge in [0.2, 0.25) is 0 Å². The molecule has 11 atom stereocenters. The lowest BCUT2D eigenvalue weighted by Crippen LogP contribution is -2.66. The number of fused-ring (bicyclic) bond motifs is 7. The van der Waals surface area contributed by atoms with Gasteiger partial charge >= 0.3 is 11.9 Å². The topological polar surface area (TPSA) is 63.6 Å². The number of rotatable bonds is 3. The van der Waals surface area contributed by atoms with Crippen molar-refractivity contribution in [1.29, 1.82) is 0 Å². The number of hydrogen-bond donors (Lipinski definition) is 1. The monoisotopic (exact) mass is 484 g/mol. The summed E-state index contributed by atoms with van der Waals surface area (Å²) in [5.41, 5.74) is 1.31. The molecule has 5 saturated carbocycles. The number of carboxylic acid groups (broad SMARTS) is 1. The van der Waals surface area contributed by atoms with Crippen molar-refractivity contribution < 1.29 is 19.4 Å². The summed E-state index contributed by atoms with van der Waals surface area (Å²) in [6.45, 7) is 18.1. The Balaban J connectivity index is 1.50. The molecule has 5 aliphatic rings. The normalized spacial score (nSPS) is 52.9. The molecule has 0 heterocycles. The van der Waals surface area contributed by atoms with Gasteiger partial charge in [-0.2, -0.15) is 0 Å². The number of aliphatic carboxylic acids is 1. The molecule has 5 aliphatic carbocycles. The van der Waals surface area contributed by atoms with E-state index in [4.69, 9.17) is 4.74 Å². The molecule has 35 heavy (non-hydrogen) atoms. The van der Waals surface area contributed by atoms with E-state index in [1.807, 2.05) is 0 Å². The van der Waals surface area contributed by atoms with E-state index in [0.717, 1.165) is 44.9 Å². The molecular weight excluding hydrogens is 436 g/mol. The first-order valence-corrected chi connectivity index (χ1v) is 14.4. The summed E-state index contributed by atoms with van der Waals surface area (Å²) in [6, 6.07) is 0. The van der Waals surface area contributed by atoms with Crippen LogP contribution in [0.5, 0.6) is 0 Å². The minimum atomic E-state index is -0.547. The van der Waals surface area contributed by atoms with Crippen LogP contribution in [0.3, 0.4) is 0 Å². The lowest BCUT2D eigenvalue weighted by molar-refractivity contribution is -0.238. The van der Waals surface area contributed by atoms with Crippen molar-refractivity contribution in [2.45, 2.75) is 112 Å². The third-order valence-electron chi connectivity index (χ3n) is 13.3. The van der Waals surface area contributed by atoms with E-state index >= 15 is 0 Å². The van der Waals surface area contributed by atoms with E-state index in [1.165, 1.54) is 24.8 Å². The van der Waals surface area contributed by atoms with Crippen LogP contribution < -0.4 is 0 Å². The second-order valence-electron chi connectivity index (χ2n) is 14.2. The highest BCUT2D eigenvalue weighted by Crippen LogP contribution is 2.76. The van der Waals surface area contributed by atoms with Crippen molar-refractivity contribution in [3.8, 4) is 0 Å². The number of ether oxygens (including phenoxy) is 1. The number of carboxylic acids is 1. The highest BCUT2D eigenvalue weighted by molar-refractivity contribution is 5.76. The Morgan fingerprint density at radius 3 is 2.20 bits per heavy atom. The Hall–Kier alpha value is -1.32. The average molecular weight is 485 g/mol. The Labute approximate surface area is 212 Å². The van der Waals surface area contributed by atoms with Crippen LogP contribution in [-0.4, -0.2) is 23.1 Å². The summed E-state index contributed by atoms with van der Waals surface area (Å²) >= 11 is 0. The van der Waals surface area contributed by atoms with Gasteiger partial charge < -0.3 is 9.84 Å². The Kier molecular flexibility index (Phi) is 5.85. The predicted molar refractivity (Wildman–Crippen MR) is 138 cm³/mol. The second-order valence-corrected chi connectivity index (χ2v) is 14.2. The maximum absolute atomic E-state index is 12.8. The van der Waals surface area contributed by atoms with E-state index in [-0.39, 0.29) is 34.2 Å². The van der Waals surface area contributed by atoms with Gasteiger partial charge in [0.05, 0.1) is 5.41 Å². The van der Waals surface area contributed by atoms with Crippen LogP contribution in [0.4, 0.5) is 0 Å². The largest absolute Gasteiger partial charge is 0.481 e. The summed E-state index contributed by atoms with van der Waals surface area (Å²) in [6.07, 6.45) is 10.6. The van der Waals surface area contributed by atoms with Crippen LogP contribution in [0.1, 0.15) is 106 Å². The van der Waals surface area contributed by atoms with Gasteiger partial charge in [-0.1, -0.05) is 39.8 Å². The summed E-state index contributed by atoms with van der Waals surface area (Å²) in [5.74, 6) is 2.00. The smallest absolute Gasteiger partial charge is 0.309 e. The molecule has 0 aliphatic heterocycles. The standard InChI is InChI=1S/C31H48O4/c1-18(2)21-10-15-31(27(33)34)17-16-29(6)23(26(21)31)8-9-25-28(5)13-12-24(35-20(4)32)19(3)22(28)11-14-30(25,29)7/h19,21-26H,1,8-17H2,2-7H3,(H,33,34)/t19-,21?,22?,23?,24+,25?,26?,28+,29-,30-,31+/m1/s1. The first-order valence-electron chi connectivity index (χ1n) is 14.4. The maximum atomic E-state index is 12.8. The van der Waals surface area contributed by atoms with Crippen molar-refractivity contribution in [2.24, 2.45) is 57.2 Å². The zero-order valence-electron chi connectivity index (χ0n) is 23.0. The average Bonchev–Trinajstić information content (AvgIpc) is 3.17. The molecule has 0 saturated heterocycles. The molecule has 5 fully saturated rings. The molecule has 0 amide bonds. The van der Waals surface area contributed by atoms with Gasteiger partial charge in [-0.3, -0.25) is 9.59 Å². The molecule has 196 valence electrons. The fourth-order valence-electron chi connectivity index (χ4n) is 11.5. The molecule has 0 spiro atoms. The summed E-state index contributed by atoms with van der Waals surface area (Å²) in [5, 5.41) is 10.5. The van der Waals surface area contributed by atoms with Crippen molar-refractivity contribution in [2.75, 3.05) is 0 Å². The fourth-order valence-corrected chi connectivity index (χ4v) is 11.5. The number of esters is 1. The quantitative estimate of drug-likeness (QED) is 0.338. The first-order chi connectivity index (χ1) is 16.3. The van der Waals surface area contributed by atoms with Gasteiger partial charge in [0.25, 0.3) is 0 Å². The van der Waals surface area contributed by atoms with E-state index in [0.29, 0.717) is 29.6 Å². The van der Waals surface area contributed by atoms with Crippen LogP contribution in [0.15, 0.2) is 12.2 Å². The van der Waals surface area contributed by atoms with Crippen LogP contribution >= 0.6 is 0 Å². The van der Waals surface area contributed by atoms with E-state index < -0.39 is 11.4 Å². The van der Waals surface area contributed by atoms with Crippen molar-refractivity contribution in [3.63, 3.8) is 0 Å². The zero-order valence-corrected chi connectivity index (χ0v) is 23.0. The number of allylic oxidation sites excluding steroid dienone is 1. The number of carbonyl (C=O) groups excluding carboxylic acids is 1. The molecular formula is C31H48O4. The third kappa shape index (κ3) is 3.22. The van der Waals surface area contributed by atoms with Crippen molar-refractivity contribution in [1.82, 2.24) is 0 Å². The van der Waals surface area contributed by atoms with Crippen LogP contribution in [0.25, 0.3) is 0 Å². The van der Waals surface area contributed by atoms with Crippen LogP contribution in [0.2, 0.25) is 0 Å². The molecule has 4 nitrogen and oxygen atoms in total. The van der Waals surface area contributed by atoms with Gasteiger partial charge in [0.1, 0.15) is 6.10 Å². The van der Waals surface area contributed by atoms with E-state index in [9.17, 15) is 14.7 Å². The Morgan fingerprint density at radius 2 is 1.57 bits per heavy atom. The molecule has 0 aromatic rings. The van der Waals surface area contributed by atoms with Gasteiger partial charge in [-0.25, -0.2) is 0 Å². The molecule has 0 aromatic carbocycles. The van der Waals surface area contributed by atoms with Crippen LogP contribution in [0, 0.1) is 57.2 Å². The predicted octanol–water partition coefficient (Wildman–Crippen LogP) is 7.27. The van der Waals surface area contributed by atoms with Gasteiger partial charge in [-0.05, 0) is 123 Å². The van der Waals surface area contributed by atoms with E-state index in [2.05, 4.69) is 41.2 Å². The SMILES string of the molecule is C=C(C)C1CC[C@]2(C(=O)O)CC[C@]3(C)C(CCC4[C@@]5(C)CC[C@H](OC(C)=O)[C@H](C)C5CC[C@]43C)C12. The summed E-state index contributed by atoms with van der Waals surface area (Å²) in [4.78, 5) is 24.5. The van der Waals surface area contributed by atoms with Crippen molar-refractivity contribution in [3.05, 3.63) is 12.2 Å². The summed E-state index contributed by atoms with van der Waals surface area (Å²) < 4.78 is 5.78. The molecule has 5 rings (SSSR count). The highest BCUT2D eigenvalue weighted by Gasteiger charge is 2.71. The lowest BCUT2D eigenvalue weighted by atomic mass is 9.33. The minimum absolute atomic E-state index is 0.0579. The molecule has 1 N–H and O–H groups in total.